The van der Waals surface area contributed by atoms with Crippen molar-refractivity contribution in [1.82, 2.24) is 0 Å². The van der Waals surface area contributed by atoms with Crippen molar-refractivity contribution in [2.45, 2.75) is 6.92 Å². The summed E-state index contributed by atoms with van der Waals surface area (Å²) < 4.78 is 10.3. The van der Waals surface area contributed by atoms with Crippen LogP contribution in [0.15, 0.2) is 12.1 Å². The molecule has 0 fully saturated rings. The molecule has 5 heteroatoms. The number of amides is 1. The summed E-state index contributed by atoms with van der Waals surface area (Å²) >= 11 is 3.09. The van der Waals surface area contributed by atoms with E-state index in [4.69, 9.17) is 9.47 Å². The predicted octanol–water partition coefficient (Wildman–Crippen LogP) is 2.35. The van der Waals surface area contributed by atoms with Gasteiger partial charge >= 0.3 is 0 Å². The summed E-state index contributed by atoms with van der Waals surface area (Å²) in [5, 5.41) is 3.03. The van der Waals surface area contributed by atoms with Crippen LogP contribution in [0.2, 0.25) is 0 Å². The van der Waals surface area contributed by atoms with E-state index in [1.54, 1.807) is 20.3 Å². The molecule has 0 saturated carbocycles. The van der Waals surface area contributed by atoms with Crippen molar-refractivity contribution in [2.24, 2.45) is 0 Å². The average Bonchev–Trinajstić information content (AvgIpc) is 2.30. The molecule has 1 aromatic carbocycles. The molecule has 1 amide bonds. The van der Waals surface area contributed by atoms with E-state index < -0.39 is 0 Å². The second kappa shape index (κ2) is 5.75. The van der Waals surface area contributed by atoms with Crippen molar-refractivity contribution in [3.8, 4) is 11.5 Å². The highest BCUT2D eigenvalue weighted by Gasteiger charge is 2.10. The van der Waals surface area contributed by atoms with Crippen LogP contribution in [-0.2, 0) is 4.79 Å². The number of carbonyl (C=O) groups excluding carboxylic acids is 1. The van der Waals surface area contributed by atoms with Gasteiger partial charge in [-0.15, -0.1) is 0 Å². The molecule has 0 spiro atoms. The van der Waals surface area contributed by atoms with Gasteiger partial charge in [0.15, 0.2) is 11.5 Å². The highest BCUT2D eigenvalue weighted by Crippen LogP contribution is 2.32. The van der Waals surface area contributed by atoms with E-state index in [1.165, 1.54) is 0 Å². The predicted molar refractivity (Wildman–Crippen MR) is 66.7 cm³/mol. The zero-order chi connectivity index (χ0) is 12.1. The Balaban J connectivity index is 3.06. The normalized spacial score (nSPS) is 9.75. The minimum absolute atomic E-state index is 0.102. The van der Waals surface area contributed by atoms with Crippen molar-refractivity contribution in [3.05, 3.63) is 17.7 Å². The molecule has 16 heavy (non-hydrogen) atoms. The van der Waals surface area contributed by atoms with Crippen LogP contribution >= 0.6 is 15.9 Å². The largest absolute Gasteiger partial charge is 0.493 e. The number of alkyl halides is 1. The van der Waals surface area contributed by atoms with E-state index in [9.17, 15) is 4.79 Å². The summed E-state index contributed by atoms with van der Waals surface area (Å²) in [6.45, 7) is 1.89. The van der Waals surface area contributed by atoms with Gasteiger partial charge in [-0.2, -0.15) is 0 Å². The lowest BCUT2D eigenvalue weighted by Gasteiger charge is -2.13. The Labute approximate surface area is 103 Å². The first kappa shape index (κ1) is 12.8. The fourth-order valence-corrected chi connectivity index (χ4v) is 1.44. The second-order valence-electron chi connectivity index (χ2n) is 3.20. The van der Waals surface area contributed by atoms with Crippen molar-refractivity contribution in [3.63, 3.8) is 0 Å². The Morgan fingerprint density at radius 3 is 2.38 bits per heavy atom. The Kier molecular flexibility index (Phi) is 4.61. The maximum absolute atomic E-state index is 11.3. The first-order valence-electron chi connectivity index (χ1n) is 4.70. The van der Waals surface area contributed by atoms with Gasteiger partial charge < -0.3 is 14.8 Å². The lowest BCUT2D eigenvalue weighted by molar-refractivity contribution is -0.113. The lowest BCUT2D eigenvalue weighted by atomic mass is 10.1. The van der Waals surface area contributed by atoms with Crippen molar-refractivity contribution in [1.29, 1.82) is 0 Å². The summed E-state index contributed by atoms with van der Waals surface area (Å²) in [5.74, 6) is 1.14. The Bertz CT molecular complexity index is 393. The summed E-state index contributed by atoms with van der Waals surface area (Å²) in [6.07, 6.45) is 0. The van der Waals surface area contributed by atoms with Gasteiger partial charge in [0.1, 0.15) is 0 Å². The molecule has 0 radical (unpaired) electrons. The van der Waals surface area contributed by atoms with Crippen LogP contribution < -0.4 is 14.8 Å². The van der Waals surface area contributed by atoms with E-state index in [0.29, 0.717) is 11.5 Å². The van der Waals surface area contributed by atoms with Crippen LogP contribution in [0.5, 0.6) is 11.5 Å². The van der Waals surface area contributed by atoms with Crippen LogP contribution in [0.25, 0.3) is 0 Å². The maximum atomic E-state index is 11.3. The highest BCUT2D eigenvalue weighted by atomic mass is 79.9. The molecule has 1 rings (SSSR count). The highest BCUT2D eigenvalue weighted by molar-refractivity contribution is 9.09. The SMILES string of the molecule is COc1cc(C)c(NC(=O)CBr)cc1OC. The number of hydrogen-bond donors (Lipinski definition) is 1. The summed E-state index contributed by atoms with van der Waals surface area (Å²) in [6, 6.07) is 3.57. The molecule has 0 aromatic heterocycles. The van der Waals surface area contributed by atoms with Crippen molar-refractivity contribution in [2.75, 3.05) is 24.9 Å². The summed E-state index contributed by atoms with van der Waals surface area (Å²) in [5.41, 5.74) is 1.65. The number of anilines is 1. The molecule has 88 valence electrons. The molecule has 0 unspecified atom stereocenters. The molecule has 1 N–H and O–H groups in total. The average molecular weight is 288 g/mol. The molecular weight excluding hydrogens is 274 g/mol. The Morgan fingerprint density at radius 2 is 1.88 bits per heavy atom. The molecule has 1 aromatic rings. The van der Waals surface area contributed by atoms with E-state index in [-0.39, 0.29) is 11.2 Å². The number of methoxy groups -OCH3 is 2. The number of rotatable bonds is 4. The van der Waals surface area contributed by atoms with Gasteiger partial charge in [0.05, 0.1) is 19.5 Å². The monoisotopic (exact) mass is 287 g/mol. The van der Waals surface area contributed by atoms with E-state index >= 15 is 0 Å². The maximum Gasteiger partial charge on any atom is 0.235 e. The molecule has 4 nitrogen and oxygen atoms in total. The fourth-order valence-electron chi connectivity index (χ4n) is 1.30. The van der Waals surface area contributed by atoms with Crippen LogP contribution in [0.3, 0.4) is 0 Å². The van der Waals surface area contributed by atoms with Crippen LogP contribution in [0.4, 0.5) is 5.69 Å². The minimum Gasteiger partial charge on any atom is -0.493 e. The molecule has 0 saturated heterocycles. The minimum atomic E-state index is -0.102. The van der Waals surface area contributed by atoms with Crippen LogP contribution in [0, 0.1) is 6.92 Å². The first-order valence-corrected chi connectivity index (χ1v) is 5.83. The molecular formula is C11H14BrNO3. The lowest BCUT2D eigenvalue weighted by Crippen LogP contribution is -2.13. The van der Waals surface area contributed by atoms with Gasteiger partial charge in [0.25, 0.3) is 0 Å². The zero-order valence-corrected chi connectivity index (χ0v) is 11.1. The molecule has 0 aliphatic carbocycles. The third-order valence-corrected chi connectivity index (χ3v) is 2.64. The second-order valence-corrected chi connectivity index (χ2v) is 3.76. The molecule has 0 atom stereocenters. The number of nitrogens with one attached hydrogen (secondary N) is 1. The van der Waals surface area contributed by atoms with Gasteiger partial charge in [-0.3, -0.25) is 4.79 Å². The van der Waals surface area contributed by atoms with Crippen molar-refractivity contribution >= 4 is 27.5 Å². The summed E-state index contributed by atoms with van der Waals surface area (Å²) in [4.78, 5) is 11.3. The van der Waals surface area contributed by atoms with Crippen LogP contribution in [-0.4, -0.2) is 25.5 Å². The van der Waals surface area contributed by atoms with Gasteiger partial charge in [-0.1, -0.05) is 15.9 Å². The fraction of sp³-hybridized carbons (Fsp3) is 0.364. The smallest absolute Gasteiger partial charge is 0.235 e. The van der Waals surface area contributed by atoms with Gasteiger partial charge in [-0.05, 0) is 18.6 Å². The Hall–Kier alpha value is -1.23. The third-order valence-electron chi connectivity index (χ3n) is 2.13. The number of aryl methyl sites for hydroxylation is 1. The molecule has 0 aliphatic heterocycles. The number of ether oxygens (including phenoxy) is 2. The molecule has 0 aliphatic rings. The van der Waals surface area contributed by atoms with Crippen LogP contribution in [0.1, 0.15) is 5.56 Å². The zero-order valence-electron chi connectivity index (χ0n) is 9.46. The Morgan fingerprint density at radius 1 is 1.31 bits per heavy atom. The quantitative estimate of drug-likeness (QED) is 0.865. The van der Waals surface area contributed by atoms with Gasteiger partial charge in [0, 0.05) is 11.8 Å². The van der Waals surface area contributed by atoms with E-state index in [1.807, 2.05) is 13.0 Å². The van der Waals surface area contributed by atoms with Gasteiger partial charge in [-0.25, -0.2) is 0 Å². The standard InChI is InChI=1S/C11H14BrNO3/c1-7-4-9(15-2)10(16-3)5-8(7)13-11(14)6-12/h4-5H,6H2,1-3H3,(H,13,14). The topological polar surface area (TPSA) is 47.6 Å². The van der Waals surface area contributed by atoms with Crippen molar-refractivity contribution < 1.29 is 14.3 Å². The van der Waals surface area contributed by atoms with Gasteiger partial charge in [0.2, 0.25) is 5.91 Å². The number of carbonyl (C=O) groups is 1. The van der Waals surface area contributed by atoms with E-state index in [0.717, 1.165) is 11.3 Å². The first-order chi connectivity index (χ1) is 7.62. The summed E-state index contributed by atoms with van der Waals surface area (Å²) in [7, 11) is 3.14. The van der Waals surface area contributed by atoms with E-state index in [2.05, 4.69) is 21.2 Å². The number of halogens is 1. The number of benzene rings is 1. The number of hydrogen-bond acceptors (Lipinski definition) is 3. The molecule has 0 heterocycles. The third kappa shape index (κ3) is 2.88. The molecule has 0 bridgehead atoms.